The van der Waals surface area contributed by atoms with E-state index >= 15 is 0 Å². The molecule has 0 spiro atoms. The summed E-state index contributed by atoms with van der Waals surface area (Å²) in [4.78, 5) is 16.4. The van der Waals surface area contributed by atoms with Crippen molar-refractivity contribution in [3.8, 4) is 5.69 Å². The van der Waals surface area contributed by atoms with Crippen LogP contribution in [0, 0.1) is 0 Å². The molecule has 0 saturated carbocycles. The second-order valence-electron chi connectivity index (χ2n) is 7.71. The van der Waals surface area contributed by atoms with Crippen molar-refractivity contribution in [1.29, 1.82) is 0 Å². The number of carbonyl (C=O) groups excluding carboxylic acids is 1. The van der Waals surface area contributed by atoms with Crippen molar-refractivity contribution < 1.29 is 4.79 Å². The Kier molecular flexibility index (Phi) is 6.96. The average Bonchev–Trinajstić information content (AvgIpc) is 3.49. The highest BCUT2D eigenvalue weighted by atomic mass is 32.2. The summed E-state index contributed by atoms with van der Waals surface area (Å²) in [5, 5.41) is 16.0. The molecule has 0 bridgehead atoms. The molecule has 1 amide bonds. The quantitative estimate of drug-likeness (QED) is 0.395. The van der Waals surface area contributed by atoms with Crippen molar-refractivity contribution in [3.63, 3.8) is 0 Å². The number of rotatable bonds is 9. The Morgan fingerprint density at radius 3 is 2.66 bits per heavy atom. The summed E-state index contributed by atoms with van der Waals surface area (Å²) < 4.78 is 3.66. The van der Waals surface area contributed by atoms with E-state index in [1.165, 1.54) is 23.7 Å². The van der Waals surface area contributed by atoms with Gasteiger partial charge in [-0.15, -0.1) is 10.2 Å². The van der Waals surface area contributed by atoms with Crippen LogP contribution in [0.2, 0.25) is 0 Å². The minimum Gasteiger partial charge on any atom is -0.351 e. The number of amides is 1. The molecule has 32 heavy (non-hydrogen) atoms. The van der Waals surface area contributed by atoms with Crippen LogP contribution in [0.5, 0.6) is 0 Å². The minimum absolute atomic E-state index is 0.0543. The first-order valence-corrected chi connectivity index (χ1v) is 11.4. The third-order valence-electron chi connectivity index (χ3n) is 4.98. The van der Waals surface area contributed by atoms with E-state index in [2.05, 4.69) is 69.8 Å². The highest BCUT2D eigenvalue weighted by molar-refractivity contribution is 7.99. The molecule has 1 N–H and O–H groups in total. The Hall–Kier alpha value is -3.46. The molecule has 0 radical (unpaired) electrons. The van der Waals surface area contributed by atoms with Crippen LogP contribution < -0.4 is 5.32 Å². The van der Waals surface area contributed by atoms with Crippen LogP contribution in [0.4, 0.5) is 0 Å². The first-order chi connectivity index (χ1) is 15.6. The molecular weight excluding hydrogens is 422 g/mol. The van der Waals surface area contributed by atoms with E-state index in [4.69, 9.17) is 0 Å². The number of hydrogen-bond donors (Lipinski definition) is 1. The molecule has 2 heterocycles. The highest BCUT2D eigenvalue weighted by Crippen LogP contribution is 2.21. The highest BCUT2D eigenvalue weighted by Gasteiger charge is 2.11. The van der Waals surface area contributed by atoms with Gasteiger partial charge in [0.2, 0.25) is 5.91 Å². The lowest BCUT2D eigenvalue weighted by Gasteiger charge is -2.10. The summed E-state index contributed by atoms with van der Waals surface area (Å²) in [5.74, 6) is 0.689. The number of hydrogen-bond acceptors (Lipinski definition) is 6. The van der Waals surface area contributed by atoms with Crippen LogP contribution in [-0.2, 0) is 17.9 Å². The van der Waals surface area contributed by atoms with E-state index in [0.717, 1.165) is 16.8 Å². The van der Waals surface area contributed by atoms with Gasteiger partial charge in [-0.2, -0.15) is 5.10 Å². The van der Waals surface area contributed by atoms with Crippen molar-refractivity contribution >= 4 is 17.7 Å². The fourth-order valence-electron chi connectivity index (χ4n) is 3.24. The normalized spacial score (nSPS) is 11.1. The van der Waals surface area contributed by atoms with Gasteiger partial charge >= 0.3 is 0 Å². The summed E-state index contributed by atoms with van der Waals surface area (Å²) in [6.07, 6.45) is 4.87. The topological polar surface area (TPSA) is 90.5 Å². The van der Waals surface area contributed by atoms with E-state index < -0.39 is 0 Å². The van der Waals surface area contributed by atoms with Gasteiger partial charge in [-0.1, -0.05) is 62.0 Å². The zero-order valence-corrected chi connectivity index (χ0v) is 18.9. The summed E-state index contributed by atoms with van der Waals surface area (Å²) in [6, 6.07) is 16.4. The van der Waals surface area contributed by atoms with Crippen LogP contribution in [0.25, 0.3) is 5.69 Å². The van der Waals surface area contributed by atoms with Crippen molar-refractivity contribution in [2.24, 2.45) is 0 Å². The van der Waals surface area contributed by atoms with Crippen LogP contribution in [-0.4, -0.2) is 41.2 Å². The summed E-state index contributed by atoms with van der Waals surface area (Å²) in [5.41, 5.74) is 4.40. The Balaban J connectivity index is 1.30. The fraction of sp³-hybridized carbons (Fsp3) is 0.261. The third kappa shape index (κ3) is 5.61. The van der Waals surface area contributed by atoms with Gasteiger partial charge in [0.25, 0.3) is 0 Å². The molecule has 4 rings (SSSR count). The van der Waals surface area contributed by atoms with Gasteiger partial charge < -0.3 is 5.32 Å². The maximum Gasteiger partial charge on any atom is 0.230 e. The Morgan fingerprint density at radius 2 is 1.91 bits per heavy atom. The van der Waals surface area contributed by atoms with Crippen LogP contribution >= 0.6 is 11.8 Å². The number of nitrogens with zero attached hydrogens (tertiary/aromatic N) is 6. The SMILES string of the molecule is CC(C)c1ccc(-n2cnnc2SCC(=O)NCc2cccc(Cn3cncn3)c2)cc1. The molecule has 2 aromatic heterocycles. The molecule has 2 aromatic carbocycles. The van der Waals surface area contributed by atoms with Gasteiger partial charge in [0.05, 0.1) is 12.3 Å². The predicted octanol–water partition coefficient (Wildman–Crippen LogP) is 3.44. The standard InChI is InChI=1S/C23H25N7OS/c1-17(2)20-6-8-21(9-7-20)30-16-26-28-23(30)32-13-22(31)25-11-18-4-3-5-19(10-18)12-29-15-24-14-27-29/h3-10,14-17H,11-13H2,1-2H3,(H,25,31). The number of carbonyl (C=O) groups is 1. The Labute approximate surface area is 191 Å². The minimum atomic E-state index is -0.0543. The van der Waals surface area contributed by atoms with Crippen molar-refractivity contribution in [2.45, 2.75) is 38.0 Å². The lowest BCUT2D eigenvalue weighted by Crippen LogP contribution is -2.24. The first kappa shape index (κ1) is 21.8. The van der Waals surface area contributed by atoms with Crippen LogP contribution in [0.15, 0.2) is 72.7 Å². The predicted molar refractivity (Wildman–Crippen MR) is 124 cm³/mol. The van der Waals surface area contributed by atoms with Gasteiger partial charge in [-0.25, -0.2) is 9.67 Å². The maximum absolute atomic E-state index is 12.4. The Morgan fingerprint density at radius 1 is 1.09 bits per heavy atom. The molecule has 0 aliphatic carbocycles. The lowest BCUT2D eigenvalue weighted by molar-refractivity contribution is -0.118. The monoisotopic (exact) mass is 447 g/mol. The molecular formula is C23H25N7OS. The maximum atomic E-state index is 12.4. The van der Waals surface area contributed by atoms with E-state index in [1.807, 2.05) is 22.8 Å². The molecule has 0 saturated heterocycles. The molecule has 0 atom stereocenters. The second kappa shape index (κ2) is 10.2. The zero-order valence-electron chi connectivity index (χ0n) is 18.0. The Bertz CT molecular complexity index is 1150. The molecule has 0 aliphatic heterocycles. The van der Waals surface area contributed by atoms with Gasteiger partial charge in [0.1, 0.15) is 19.0 Å². The number of benzene rings is 2. The van der Waals surface area contributed by atoms with Crippen molar-refractivity contribution in [2.75, 3.05) is 5.75 Å². The molecule has 8 nitrogen and oxygen atoms in total. The van der Waals surface area contributed by atoms with Crippen molar-refractivity contribution in [1.82, 2.24) is 34.8 Å². The summed E-state index contributed by atoms with van der Waals surface area (Å²) in [7, 11) is 0. The van der Waals surface area contributed by atoms with E-state index in [-0.39, 0.29) is 11.7 Å². The first-order valence-electron chi connectivity index (χ1n) is 10.4. The zero-order chi connectivity index (χ0) is 22.3. The van der Waals surface area contributed by atoms with E-state index in [9.17, 15) is 4.79 Å². The summed E-state index contributed by atoms with van der Waals surface area (Å²) in [6.45, 7) is 5.45. The molecule has 9 heteroatoms. The largest absolute Gasteiger partial charge is 0.351 e. The fourth-order valence-corrected chi connectivity index (χ4v) is 4.00. The summed E-state index contributed by atoms with van der Waals surface area (Å²) >= 11 is 1.37. The van der Waals surface area contributed by atoms with Gasteiger partial charge in [0.15, 0.2) is 5.16 Å². The molecule has 4 aromatic rings. The van der Waals surface area contributed by atoms with Crippen molar-refractivity contribution in [3.05, 3.63) is 84.2 Å². The number of thioether (sulfide) groups is 1. The van der Waals surface area contributed by atoms with Crippen LogP contribution in [0.1, 0.15) is 36.5 Å². The molecule has 164 valence electrons. The molecule has 0 unspecified atom stereocenters. The lowest BCUT2D eigenvalue weighted by atomic mass is 10.0. The third-order valence-corrected chi connectivity index (χ3v) is 5.92. The van der Waals surface area contributed by atoms with Crippen LogP contribution in [0.3, 0.4) is 0 Å². The van der Waals surface area contributed by atoms with Gasteiger partial charge in [0, 0.05) is 12.2 Å². The van der Waals surface area contributed by atoms with E-state index in [1.54, 1.807) is 17.3 Å². The number of nitrogens with one attached hydrogen (secondary N) is 1. The number of aromatic nitrogens is 6. The smallest absolute Gasteiger partial charge is 0.230 e. The van der Waals surface area contributed by atoms with Gasteiger partial charge in [-0.3, -0.25) is 9.36 Å². The van der Waals surface area contributed by atoms with E-state index in [0.29, 0.717) is 24.2 Å². The average molecular weight is 448 g/mol. The molecule has 0 fully saturated rings. The second-order valence-corrected chi connectivity index (χ2v) is 8.65. The molecule has 0 aliphatic rings. The van der Waals surface area contributed by atoms with Gasteiger partial charge in [-0.05, 0) is 34.7 Å².